The van der Waals surface area contributed by atoms with Crippen LogP contribution in [0.15, 0.2) is 30.6 Å². The smallest absolute Gasteiger partial charge is 0.317 e. The number of nitrogens with one attached hydrogen (secondary N) is 2. The topological polar surface area (TPSA) is 61.0 Å². The maximum Gasteiger partial charge on any atom is 0.317 e. The lowest BCUT2D eigenvalue weighted by Crippen LogP contribution is -2.46. The molecule has 0 bridgehead atoms. The van der Waals surface area contributed by atoms with Gasteiger partial charge in [-0.25, -0.2) is 4.79 Å². The Kier molecular flexibility index (Phi) is 4.24. The Hall–Kier alpha value is -2.30. The number of urea groups is 1. The fourth-order valence-electron chi connectivity index (χ4n) is 3.81. The zero-order chi connectivity index (χ0) is 16.4. The van der Waals surface area contributed by atoms with Crippen LogP contribution in [0.2, 0.25) is 0 Å². The Labute approximate surface area is 142 Å². The third-order valence-electron chi connectivity index (χ3n) is 5.21. The molecule has 126 valence electrons. The van der Waals surface area contributed by atoms with Crippen molar-refractivity contribution in [2.24, 2.45) is 0 Å². The normalized spacial score (nSPS) is 19.3. The van der Waals surface area contributed by atoms with Gasteiger partial charge in [0.05, 0.1) is 11.0 Å². The SMILES string of the molecule is O=C(NC1CCCCC1)N1CC=C(c2c[nH]c3cccnc23)CC1. The number of hydrogen-bond donors (Lipinski definition) is 2. The molecule has 2 aromatic heterocycles. The van der Waals surface area contributed by atoms with Crippen LogP contribution in [0.4, 0.5) is 4.79 Å². The summed E-state index contributed by atoms with van der Waals surface area (Å²) in [5, 5.41) is 3.21. The molecule has 2 aliphatic rings. The van der Waals surface area contributed by atoms with Gasteiger partial charge in [0.25, 0.3) is 0 Å². The lowest BCUT2D eigenvalue weighted by molar-refractivity contribution is 0.195. The number of rotatable bonds is 2. The summed E-state index contributed by atoms with van der Waals surface area (Å²) in [7, 11) is 0. The highest BCUT2D eigenvalue weighted by atomic mass is 16.2. The number of aromatic nitrogens is 2. The van der Waals surface area contributed by atoms with Crippen molar-refractivity contribution < 1.29 is 4.79 Å². The van der Waals surface area contributed by atoms with E-state index in [1.807, 2.05) is 29.4 Å². The summed E-state index contributed by atoms with van der Waals surface area (Å²) in [6.45, 7) is 1.44. The van der Waals surface area contributed by atoms with Gasteiger partial charge in [-0.1, -0.05) is 25.3 Å². The van der Waals surface area contributed by atoms with Gasteiger partial charge in [0.15, 0.2) is 0 Å². The predicted molar refractivity (Wildman–Crippen MR) is 95.7 cm³/mol. The van der Waals surface area contributed by atoms with Gasteiger partial charge < -0.3 is 15.2 Å². The minimum Gasteiger partial charge on any atom is -0.359 e. The third-order valence-corrected chi connectivity index (χ3v) is 5.21. The van der Waals surface area contributed by atoms with Crippen molar-refractivity contribution in [3.8, 4) is 0 Å². The van der Waals surface area contributed by atoms with E-state index in [9.17, 15) is 4.79 Å². The average molecular weight is 324 g/mol. The quantitative estimate of drug-likeness (QED) is 0.885. The van der Waals surface area contributed by atoms with Crippen LogP contribution in [-0.2, 0) is 0 Å². The number of carbonyl (C=O) groups excluding carboxylic acids is 1. The number of aromatic amines is 1. The van der Waals surface area contributed by atoms with Gasteiger partial charge in [0, 0.05) is 37.1 Å². The lowest BCUT2D eigenvalue weighted by Gasteiger charge is -2.30. The lowest BCUT2D eigenvalue weighted by atomic mass is 9.95. The van der Waals surface area contributed by atoms with Crippen LogP contribution >= 0.6 is 0 Å². The molecular formula is C19H24N4O. The number of H-pyrrole nitrogens is 1. The van der Waals surface area contributed by atoms with Gasteiger partial charge in [-0.05, 0) is 37.0 Å². The number of fused-ring (bicyclic) bond motifs is 1. The standard InChI is InChI=1S/C19H24N4O/c24-19(22-15-5-2-1-3-6-15)23-11-8-14(9-12-23)16-13-21-17-7-4-10-20-18(16)17/h4,7-8,10,13,15,21H,1-3,5-6,9,11-12H2,(H,22,24). The molecule has 24 heavy (non-hydrogen) atoms. The van der Waals surface area contributed by atoms with Crippen LogP contribution in [0, 0.1) is 0 Å². The van der Waals surface area contributed by atoms with Gasteiger partial charge in [-0.3, -0.25) is 4.98 Å². The van der Waals surface area contributed by atoms with Gasteiger partial charge in [-0.2, -0.15) is 0 Å². The summed E-state index contributed by atoms with van der Waals surface area (Å²) < 4.78 is 0. The molecule has 4 rings (SSSR count). The molecule has 5 nitrogen and oxygen atoms in total. The molecule has 0 spiro atoms. The summed E-state index contributed by atoms with van der Waals surface area (Å²) >= 11 is 0. The molecule has 3 heterocycles. The van der Waals surface area contributed by atoms with Crippen molar-refractivity contribution in [2.45, 2.75) is 44.6 Å². The van der Waals surface area contributed by atoms with Crippen LogP contribution in [0.3, 0.4) is 0 Å². The molecule has 1 fully saturated rings. The first kappa shape index (κ1) is 15.2. The summed E-state index contributed by atoms with van der Waals surface area (Å²) in [5.41, 5.74) is 4.52. The summed E-state index contributed by atoms with van der Waals surface area (Å²) in [6.07, 6.45) is 12.9. The maximum atomic E-state index is 12.4. The van der Waals surface area contributed by atoms with E-state index < -0.39 is 0 Å². The Balaban J connectivity index is 1.42. The van der Waals surface area contributed by atoms with E-state index in [-0.39, 0.29) is 6.03 Å². The molecule has 1 aliphatic carbocycles. The van der Waals surface area contributed by atoms with E-state index in [2.05, 4.69) is 21.4 Å². The van der Waals surface area contributed by atoms with Gasteiger partial charge in [0.1, 0.15) is 0 Å². The summed E-state index contributed by atoms with van der Waals surface area (Å²) in [6, 6.07) is 4.44. The first-order chi connectivity index (χ1) is 11.8. The van der Waals surface area contributed by atoms with E-state index in [0.29, 0.717) is 12.6 Å². The molecule has 2 aromatic rings. The minimum absolute atomic E-state index is 0.0919. The van der Waals surface area contributed by atoms with Gasteiger partial charge in [0.2, 0.25) is 0 Å². The summed E-state index contributed by atoms with van der Waals surface area (Å²) in [4.78, 5) is 22.1. The van der Waals surface area contributed by atoms with Crippen LogP contribution in [0.25, 0.3) is 16.6 Å². The molecule has 2 N–H and O–H groups in total. The van der Waals surface area contributed by atoms with E-state index in [1.165, 1.54) is 24.8 Å². The van der Waals surface area contributed by atoms with Gasteiger partial charge in [-0.15, -0.1) is 0 Å². The molecule has 2 amide bonds. The van der Waals surface area contributed by atoms with E-state index in [0.717, 1.165) is 42.4 Å². The molecule has 0 unspecified atom stereocenters. The molecular weight excluding hydrogens is 300 g/mol. The van der Waals surface area contributed by atoms with E-state index >= 15 is 0 Å². The van der Waals surface area contributed by atoms with Crippen molar-refractivity contribution in [2.75, 3.05) is 13.1 Å². The second-order valence-electron chi connectivity index (χ2n) is 6.81. The number of hydrogen-bond acceptors (Lipinski definition) is 2. The van der Waals surface area contributed by atoms with Crippen LogP contribution in [0.5, 0.6) is 0 Å². The maximum absolute atomic E-state index is 12.4. The zero-order valence-corrected chi connectivity index (χ0v) is 13.9. The first-order valence-corrected chi connectivity index (χ1v) is 8.98. The van der Waals surface area contributed by atoms with Crippen LogP contribution in [0.1, 0.15) is 44.1 Å². The van der Waals surface area contributed by atoms with E-state index in [1.54, 1.807) is 0 Å². The van der Waals surface area contributed by atoms with Crippen molar-refractivity contribution in [3.05, 3.63) is 36.2 Å². The van der Waals surface area contributed by atoms with Crippen molar-refractivity contribution >= 4 is 22.6 Å². The second kappa shape index (κ2) is 6.67. The highest BCUT2D eigenvalue weighted by Gasteiger charge is 2.22. The highest BCUT2D eigenvalue weighted by molar-refractivity contribution is 5.90. The summed E-state index contributed by atoms with van der Waals surface area (Å²) in [5.74, 6) is 0. The van der Waals surface area contributed by atoms with Crippen molar-refractivity contribution in [3.63, 3.8) is 0 Å². The van der Waals surface area contributed by atoms with E-state index in [4.69, 9.17) is 0 Å². The Bertz CT molecular complexity index is 758. The Morgan fingerprint density at radius 1 is 1.29 bits per heavy atom. The van der Waals surface area contributed by atoms with Crippen LogP contribution < -0.4 is 5.32 Å². The second-order valence-corrected chi connectivity index (χ2v) is 6.81. The Morgan fingerprint density at radius 2 is 2.17 bits per heavy atom. The third kappa shape index (κ3) is 3.03. The molecule has 5 heteroatoms. The fraction of sp³-hybridized carbons (Fsp3) is 0.474. The highest BCUT2D eigenvalue weighted by Crippen LogP contribution is 2.28. The molecule has 1 aliphatic heterocycles. The largest absolute Gasteiger partial charge is 0.359 e. The predicted octanol–water partition coefficient (Wildman–Crippen LogP) is 3.69. The molecule has 0 radical (unpaired) electrons. The van der Waals surface area contributed by atoms with Gasteiger partial charge >= 0.3 is 6.03 Å². The number of amides is 2. The number of pyridine rings is 1. The molecule has 0 saturated heterocycles. The number of carbonyl (C=O) groups is 1. The zero-order valence-electron chi connectivity index (χ0n) is 13.9. The molecule has 0 atom stereocenters. The first-order valence-electron chi connectivity index (χ1n) is 8.98. The van der Waals surface area contributed by atoms with Crippen molar-refractivity contribution in [1.82, 2.24) is 20.2 Å². The molecule has 1 saturated carbocycles. The number of nitrogens with zero attached hydrogens (tertiary/aromatic N) is 2. The monoisotopic (exact) mass is 324 g/mol. The van der Waals surface area contributed by atoms with Crippen molar-refractivity contribution in [1.29, 1.82) is 0 Å². The molecule has 0 aromatic carbocycles. The Morgan fingerprint density at radius 3 is 2.96 bits per heavy atom. The average Bonchev–Trinajstić information content (AvgIpc) is 3.07. The minimum atomic E-state index is 0.0919. The van der Waals surface area contributed by atoms with Crippen LogP contribution in [-0.4, -0.2) is 40.0 Å². The fourth-order valence-corrected chi connectivity index (χ4v) is 3.81.